The quantitative estimate of drug-likeness (QED) is 0.710. The molecule has 0 radical (unpaired) electrons. The zero-order valence-electron chi connectivity index (χ0n) is 16.1. The van der Waals surface area contributed by atoms with Crippen molar-refractivity contribution in [1.29, 1.82) is 0 Å². The maximum Gasteiger partial charge on any atom is 0.325 e. The molecule has 1 atom stereocenters. The number of carbonyl (C=O) groups is 2. The lowest BCUT2D eigenvalue weighted by atomic mass is 9.74. The molecule has 0 saturated carbocycles. The molecule has 7 heteroatoms. The normalized spacial score (nSPS) is 23.9. The molecule has 2 saturated heterocycles. The molecule has 0 aromatic heterocycles. The van der Waals surface area contributed by atoms with Gasteiger partial charge in [-0.25, -0.2) is 9.18 Å². The number of carbonyl (C=O) groups excluding carboxylic acids is 2. The van der Waals surface area contributed by atoms with Gasteiger partial charge >= 0.3 is 6.03 Å². The first-order valence-electron chi connectivity index (χ1n) is 9.66. The maximum absolute atomic E-state index is 13.4. The van der Waals surface area contributed by atoms with E-state index in [4.69, 9.17) is 0 Å². The van der Waals surface area contributed by atoms with Gasteiger partial charge in [-0.05, 0) is 76.6 Å². The van der Waals surface area contributed by atoms with Gasteiger partial charge in [0, 0.05) is 13.0 Å². The van der Waals surface area contributed by atoms with Gasteiger partial charge in [0.05, 0.1) is 0 Å². The number of rotatable bonds is 7. The Morgan fingerprint density at radius 1 is 1.19 bits per heavy atom. The summed E-state index contributed by atoms with van der Waals surface area (Å²) in [7, 11) is 3.94. The molecular formula is C20H29FN4O2. The number of nitrogens with one attached hydrogen (secondary N) is 2. The van der Waals surface area contributed by atoms with Crippen LogP contribution in [0.15, 0.2) is 24.3 Å². The van der Waals surface area contributed by atoms with Gasteiger partial charge in [0.1, 0.15) is 11.4 Å². The average Bonchev–Trinajstić information content (AvgIpc) is 2.89. The minimum Gasteiger partial charge on any atom is -0.322 e. The van der Waals surface area contributed by atoms with Gasteiger partial charge in [0.2, 0.25) is 0 Å². The molecule has 2 aliphatic heterocycles. The zero-order chi connectivity index (χ0) is 19.4. The summed E-state index contributed by atoms with van der Waals surface area (Å²) in [5, 5.41) is 6.36. The number of halogens is 1. The average molecular weight is 376 g/mol. The fourth-order valence-electron chi connectivity index (χ4n) is 4.17. The predicted octanol–water partition coefficient (Wildman–Crippen LogP) is 1.61. The van der Waals surface area contributed by atoms with Crippen LogP contribution in [0, 0.1) is 11.7 Å². The van der Waals surface area contributed by atoms with E-state index in [0.717, 1.165) is 44.5 Å². The number of hydrogen-bond acceptors (Lipinski definition) is 4. The molecule has 2 aliphatic rings. The molecule has 2 heterocycles. The molecule has 0 spiro atoms. The van der Waals surface area contributed by atoms with Crippen molar-refractivity contribution in [2.24, 2.45) is 5.92 Å². The highest BCUT2D eigenvalue weighted by Crippen LogP contribution is 2.35. The Bertz CT molecular complexity index is 673. The van der Waals surface area contributed by atoms with E-state index in [0.29, 0.717) is 13.0 Å². The summed E-state index contributed by atoms with van der Waals surface area (Å²) in [6.07, 6.45) is 2.80. The van der Waals surface area contributed by atoms with Gasteiger partial charge < -0.3 is 15.5 Å². The molecule has 3 amide bonds. The van der Waals surface area contributed by atoms with Crippen LogP contribution in [0.4, 0.5) is 9.18 Å². The zero-order valence-corrected chi connectivity index (χ0v) is 16.1. The van der Waals surface area contributed by atoms with Crippen LogP contribution in [0.1, 0.15) is 24.8 Å². The highest BCUT2D eigenvalue weighted by Gasteiger charge is 2.55. The molecule has 27 heavy (non-hydrogen) atoms. The molecule has 6 nitrogen and oxygen atoms in total. The van der Waals surface area contributed by atoms with Crippen molar-refractivity contribution in [3.63, 3.8) is 0 Å². The maximum atomic E-state index is 13.4. The first-order chi connectivity index (χ1) is 12.9. The smallest absolute Gasteiger partial charge is 0.322 e. The third-order valence-electron chi connectivity index (χ3n) is 5.62. The number of urea groups is 1. The van der Waals surface area contributed by atoms with E-state index < -0.39 is 5.54 Å². The number of benzene rings is 1. The van der Waals surface area contributed by atoms with Crippen LogP contribution < -0.4 is 10.6 Å². The first kappa shape index (κ1) is 19.8. The molecule has 2 fully saturated rings. The second-order valence-electron chi connectivity index (χ2n) is 7.84. The van der Waals surface area contributed by atoms with E-state index in [1.54, 1.807) is 12.1 Å². The van der Waals surface area contributed by atoms with Crippen molar-refractivity contribution < 1.29 is 14.0 Å². The largest absolute Gasteiger partial charge is 0.325 e. The van der Waals surface area contributed by atoms with E-state index in [2.05, 4.69) is 10.6 Å². The molecule has 2 N–H and O–H groups in total. The lowest BCUT2D eigenvalue weighted by molar-refractivity contribution is -0.133. The van der Waals surface area contributed by atoms with Gasteiger partial charge in [-0.3, -0.25) is 9.69 Å². The van der Waals surface area contributed by atoms with Crippen LogP contribution in [0.3, 0.4) is 0 Å². The number of hydrogen-bond donors (Lipinski definition) is 2. The molecule has 148 valence electrons. The molecule has 3 rings (SSSR count). The third-order valence-corrected chi connectivity index (χ3v) is 5.62. The fourth-order valence-corrected chi connectivity index (χ4v) is 4.17. The highest BCUT2D eigenvalue weighted by molar-refractivity contribution is 6.07. The van der Waals surface area contributed by atoms with Crippen molar-refractivity contribution in [2.75, 3.05) is 40.3 Å². The summed E-state index contributed by atoms with van der Waals surface area (Å²) in [6, 6.07) is 5.90. The third kappa shape index (κ3) is 4.30. The topological polar surface area (TPSA) is 64.7 Å². The second kappa shape index (κ2) is 8.35. The van der Waals surface area contributed by atoms with Gasteiger partial charge in [0.25, 0.3) is 5.91 Å². The Kier molecular flexibility index (Phi) is 6.11. The van der Waals surface area contributed by atoms with Gasteiger partial charge in [0.15, 0.2) is 0 Å². The summed E-state index contributed by atoms with van der Waals surface area (Å²) in [5.74, 6) is -0.372. The Morgan fingerprint density at radius 3 is 2.48 bits per heavy atom. The van der Waals surface area contributed by atoms with Crippen LogP contribution in [-0.2, 0) is 11.2 Å². The van der Waals surface area contributed by atoms with Gasteiger partial charge in [-0.1, -0.05) is 12.1 Å². The van der Waals surface area contributed by atoms with Crippen molar-refractivity contribution in [2.45, 2.75) is 31.2 Å². The van der Waals surface area contributed by atoms with E-state index in [1.807, 2.05) is 19.0 Å². The summed E-state index contributed by atoms with van der Waals surface area (Å²) in [4.78, 5) is 29.5. The molecule has 1 aromatic carbocycles. The van der Waals surface area contributed by atoms with Crippen molar-refractivity contribution in [3.8, 4) is 0 Å². The molecule has 1 unspecified atom stereocenters. The second-order valence-corrected chi connectivity index (χ2v) is 7.84. The minimum atomic E-state index is -0.935. The standard InChI is InChI=1S/C20H29FN4O2/c1-24(2)12-3-13-25-18(26)20(23-19(25)27,16-8-10-22-11-9-16)14-15-4-6-17(21)7-5-15/h4-7,16,22H,3,8-14H2,1-2H3,(H,23,27). The summed E-state index contributed by atoms with van der Waals surface area (Å²) in [6.45, 7) is 2.90. The molecule has 1 aromatic rings. The Hall–Kier alpha value is -1.99. The first-order valence-corrected chi connectivity index (χ1v) is 9.66. The van der Waals surface area contributed by atoms with Crippen molar-refractivity contribution >= 4 is 11.9 Å². The minimum absolute atomic E-state index is 0.0686. The lowest BCUT2D eigenvalue weighted by Gasteiger charge is -2.38. The van der Waals surface area contributed by atoms with Crippen LogP contribution in [0.2, 0.25) is 0 Å². The van der Waals surface area contributed by atoms with E-state index in [1.165, 1.54) is 17.0 Å². The van der Waals surface area contributed by atoms with Crippen LogP contribution in [-0.4, -0.2) is 67.6 Å². The Balaban J connectivity index is 1.84. The van der Waals surface area contributed by atoms with Crippen molar-refractivity contribution in [3.05, 3.63) is 35.6 Å². The van der Waals surface area contributed by atoms with Gasteiger partial charge in [-0.2, -0.15) is 0 Å². The number of amides is 3. The van der Waals surface area contributed by atoms with Gasteiger partial charge in [-0.15, -0.1) is 0 Å². The van der Waals surface area contributed by atoms with E-state index in [-0.39, 0.29) is 23.7 Å². The Morgan fingerprint density at radius 2 is 1.85 bits per heavy atom. The monoisotopic (exact) mass is 376 g/mol. The number of imide groups is 1. The molecule has 0 bridgehead atoms. The SMILES string of the molecule is CN(C)CCCN1C(=O)NC(Cc2ccc(F)cc2)(C2CCNCC2)C1=O. The predicted molar refractivity (Wildman–Crippen MR) is 102 cm³/mol. The van der Waals surface area contributed by atoms with E-state index >= 15 is 0 Å². The number of nitrogens with zero attached hydrogens (tertiary/aromatic N) is 2. The van der Waals surface area contributed by atoms with Crippen LogP contribution in [0.25, 0.3) is 0 Å². The lowest BCUT2D eigenvalue weighted by Crippen LogP contribution is -2.57. The molecular weight excluding hydrogens is 347 g/mol. The van der Waals surface area contributed by atoms with Crippen molar-refractivity contribution in [1.82, 2.24) is 20.4 Å². The highest BCUT2D eigenvalue weighted by atomic mass is 19.1. The van der Waals surface area contributed by atoms with Crippen LogP contribution in [0.5, 0.6) is 0 Å². The Labute approximate surface area is 160 Å². The summed E-state index contributed by atoms with van der Waals surface area (Å²) in [5.41, 5.74) is -0.0755. The summed E-state index contributed by atoms with van der Waals surface area (Å²) < 4.78 is 13.3. The summed E-state index contributed by atoms with van der Waals surface area (Å²) >= 11 is 0. The fraction of sp³-hybridized carbons (Fsp3) is 0.600. The molecule has 0 aliphatic carbocycles. The van der Waals surface area contributed by atoms with E-state index in [9.17, 15) is 14.0 Å². The van der Waals surface area contributed by atoms with Crippen LogP contribution >= 0.6 is 0 Å². The number of piperidine rings is 1.